The lowest BCUT2D eigenvalue weighted by Gasteiger charge is -2.03. The number of rotatable bonds is 5. The van der Waals surface area contributed by atoms with Gasteiger partial charge >= 0.3 is 5.97 Å². The fraction of sp³-hybridized carbons (Fsp3) is 0.333. The minimum absolute atomic E-state index is 0.192. The van der Waals surface area contributed by atoms with Gasteiger partial charge in [-0.1, -0.05) is 35.5 Å². The van der Waals surface area contributed by atoms with Gasteiger partial charge in [-0.2, -0.15) is 0 Å². The minimum atomic E-state index is -0.192. The first kappa shape index (κ1) is 13.3. The van der Waals surface area contributed by atoms with E-state index in [-0.39, 0.29) is 5.97 Å². The Morgan fingerprint density at radius 3 is 2.74 bits per heavy atom. The van der Waals surface area contributed by atoms with Crippen LogP contribution in [0.5, 0.6) is 0 Å². The van der Waals surface area contributed by atoms with E-state index in [0.717, 1.165) is 22.6 Å². The molecule has 1 heterocycles. The van der Waals surface area contributed by atoms with E-state index in [2.05, 4.69) is 5.16 Å². The first-order valence-corrected chi connectivity index (χ1v) is 6.38. The highest BCUT2D eigenvalue weighted by Gasteiger charge is 2.15. The number of hydrogen-bond donors (Lipinski definition) is 0. The Balaban J connectivity index is 2.17. The van der Waals surface area contributed by atoms with Gasteiger partial charge in [0, 0.05) is 17.5 Å². The van der Waals surface area contributed by atoms with Crippen molar-refractivity contribution in [2.45, 2.75) is 26.7 Å². The number of aromatic nitrogens is 1. The zero-order valence-electron chi connectivity index (χ0n) is 11.2. The summed E-state index contributed by atoms with van der Waals surface area (Å²) in [5.41, 5.74) is 2.78. The summed E-state index contributed by atoms with van der Waals surface area (Å²) >= 11 is 0. The summed E-state index contributed by atoms with van der Waals surface area (Å²) in [6, 6.07) is 9.81. The van der Waals surface area contributed by atoms with E-state index < -0.39 is 0 Å². The molecule has 0 aliphatic heterocycles. The number of carbonyl (C=O) groups excluding carboxylic acids is 1. The fourth-order valence-electron chi connectivity index (χ4n) is 1.97. The second kappa shape index (κ2) is 6.18. The first-order valence-electron chi connectivity index (χ1n) is 6.38. The maximum absolute atomic E-state index is 11.4. The van der Waals surface area contributed by atoms with Crippen LogP contribution in [0, 0.1) is 6.92 Å². The molecule has 0 spiro atoms. The van der Waals surface area contributed by atoms with Crippen LogP contribution in [0.1, 0.15) is 24.7 Å². The summed E-state index contributed by atoms with van der Waals surface area (Å²) in [6.07, 6.45) is 0.925. The fourth-order valence-corrected chi connectivity index (χ4v) is 1.97. The van der Waals surface area contributed by atoms with Crippen molar-refractivity contribution < 1.29 is 14.1 Å². The van der Waals surface area contributed by atoms with Gasteiger partial charge in [0.05, 0.1) is 6.61 Å². The molecule has 0 aliphatic carbocycles. The Morgan fingerprint density at radius 1 is 1.32 bits per heavy atom. The number of benzene rings is 1. The van der Waals surface area contributed by atoms with Gasteiger partial charge in [-0.05, 0) is 20.3 Å². The van der Waals surface area contributed by atoms with Crippen LogP contribution in [0.15, 0.2) is 34.9 Å². The number of nitrogens with zero attached hydrogens (tertiary/aromatic N) is 1. The van der Waals surface area contributed by atoms with E-state index in [9.17, 15) is 4.79 Å². The lowest BCUT2D eigenvalue weighted by atomic mass is 10.0. The lowest BCUT2D eigenvalue weighted by molar-refractivity contribution is -0.143. The minimum Gasteiger partial charge on any atom is -0.466 e. The van der Waals surface area contributed by atoms with E-state index in [1.54, 1.807) is 6.92 Å². The van der Waals surface area contributed by atoms with Crippen LogP contribution < -0.4 is 0 Å². The Morgan fingerprint density at radius 2 is 2.05 bits per heavy atom. The van der Waals surface area contributed by atoms with Crippen molar-refractivity contribution in [3.8, 4) is 11.3 Å². The molecule has 2 aromatic rings. The van der Waals surface area contributed by atoms with Gasteiger partial charge in [0.2, 0.25) is 0 Å². The molecular weight excluding hydrogens is 242 g/mol. The molecule has 0 amide bonds. The normalized spacial score (nSPS) is 10.4. The second-order valence-electron chi connectivity index (χ2n) is 4.24. The number of esters is 1. The summed E-state index contributed by atoms with van der Waals surface area (Å²) < 4.78 is 10.2. The standard InChI is InChI=1S/C15H17NO3/c1-3-18-14(17)10-9-13-11(2)19-16-15(13)12-7-5-4-6-8-12/h4-8H,3,9-10H2,1-2H3. The third kappa shape index (κ3) is 3.22. The highest BCUT2D eigenvalue weighted by atomic mass is 16.5. The van der Waals surface area contributed by atoms with Crippen LogP contribution in [-0.2, 0) is 16.0 Å². The summed E-state index contributed by atoms with van der Waals surface area (Å²) in [6.45, 7) is 4.07. The van der Waals surface area contributed by atoms with E-state index in [0.29, 0.717) is 19.4 Å². The van der Waals surface area contributed by atoms with Crippen molar-refractivity contribution >= 4 is 5.97 Å². The largest absolute Gasteiger partial charge is 0.466 e. The zero-order valence-corrected chi connectivity index (χ0v) is 11.2. The van der Waals surface area contributed by atoms with Crippen LogP contribution in [0.25, 0.3) is 11.3 Å². The monoisotopic (exact) mass is 259 g/mol. The number of hydrogen-bond acceptors (Lipinski definition) is 4. The zero-order chi connectivity index (χ0) is 13.7. The van der Waals surface area contributed by atoms with Crippen molar-refractivity contribution in [1.29, 1.82) is 0 Å². The summed E-state index contributed by atoms with van der Waals surface area (Å²) in [4.78, 5) is 11.4. The van der Waals surface area contributed by atoms with Crippen LogP contribution in [0.4, 0.5) is 0 Å². The molecule has 0 saturated carbocycles. The molecule has 0 unspecified atom stereocenters. The Kier molecular flexibility index (Phi) is 4.34. The molecule has 0 N–H and O–H groups in total. The summed E-state index contributed by atoms with van der Waals surface area (Å²) in [5.74, 6) is 0.560. The van der Waals surface area contributed by atoms with Crippen LogP contribution >= 0.6 is 0 Å². The van der Waals surface area contributed by atoms with Crippen molar-refractivity contribution in [2.75, 3.05) is 6.61 Å². The lowest BCUT2D eigenvalue weighted by Crippen LogP contribution is -2.05. The molecule has 0 aliphatic rings. The average Bonchev–Trinajstić information content (AvgIpc) is 2.79. The Labute approximate surface area is 112 Å². The van der Waals surface area contributed by atoms with E-state index in [1.807, 2.05) is 37.3 Å². The summed E-state index contributed by atoms with van der Waals surface area (Å²) in [5, 5.41) is 4.08. The number of aryl methyl sites for hydroxylation is 1. The van der Waals surface area contributed by atoms with Gasteiger partial charge in [-0.25, -0.2) is 0 Å². The van der Waals surface area contributed by atoms with Crippen molar-refractivity contribution in [1.82, 2.24) is 5.16 Å². The molecule has 0 radical (unpaired) electrons. The summed E-state index contributed by atoms with van der Waals surface area (Å²) in [7, 11) is 0. The van der Waals surface area contributed by atoms with Gasteiger partial charge in [0.25, 0.3) is 0 Å². The highest BCUT2D eigenvalue weighted by Crippen LogP contribution is 2.26. The number of carbonyl (C=O) groups is 1. The molecular formula is C15H17NO3. The predicted octanol–water partition coefficient (Wildman–Crippen LogP) is 3.15. The van der Waals surface area contributed by atoms with Gasteiger partial charge in [0.15, 0.2) is 0 Å². The van der Waals surface area contributed by atoms with Crippen LogP contribution in [0.2, 0.25) is 0 Å². The van der Waals surface area contributed by atoms with Gasteiger partial charge in [-0.15, -0.1) is 0 Å². The van der Waals surface area contributed by atoms with Gasteiger partial charge in [-0.3, -0.25) is 4.79 Å². The molecule has 0 fully saturated rings. The molecule has 0 saturated heterocycles. The topological polar surface area (TPSA) is 52.3 Å². The third-order valence-electron chi connectivity index (χ3n) is 2.92. The molecule has 0 atom stereocenters. The smallest absolute Gasteiger partial charge is 0.306 e. The molecule has 1 aromatic carbocycles. The number of ether oxygens (including phenoxy) is 1. The molecule has 2 rings (SSSR count). The Hall–Kier alpha value is -2.10. The quantitative estimate of drug-likeness (QED) is 0.774. The van der Waals surface area contributed by atoms with E-state index in [1.165, 1.54) is 0 Å². The molecule has 1 aromatic heterocycles. The highest BCUT2D eigenvalue weighted by molar-refractivity contribution is 5.71. The van der Waals surface area contributed by atoms with Crippen LogP contribution in [0.3, 0.4) is 0 Å². The molecule has 0 bridgehead atoms. The average molecular weight is 259 g/mol. The SMILES string of the molecule is CCOC(=O)CCc1c(-c2ccccc2)noc1C. The van der Waals surface area contributed by atoms with E-state index in [4.69, 9.17) is 9.26 Å². The van der Waals surface area contributed by atoms with Crippen molar-refractivity contribution in [3.05, 3.63) is 41.7 Å². The molecule has 4 heteroatoms. The molecule has 4 nitrogen and oxygen atoms in total. The molecule has 100 valence electrons. The van der Waals surface area contributed by atoms with Crippen molar-refractivity contribution in [3.63, 3.8) is 0 Å². The molecule has 19 heavy (non-hydrogen) atoms. The first-order chi connectivity index (χ1) is 9.22. The third-order valence-corrected chi connectivity index (χ3v) is 2.92. The van der Waals surface area contributed by atoms with Gasteiger partial charge < -0.3 is 9.26 Å². The maximum atomic E-state index is 11.4. The van der Waals surface area contributed by atoms with Crippen molar-refractivity contribution in [2.24, 2.45) is 0 Å². The van der Waals surface area contributed by atoms with E-state index >= 15 is 0 Å². The Bertz CT molecular complexity index is 546. The predicted molar refractivity (Wildman–Crippen MR) is 71.6 cm³/mol. The van der Waals surface area contributed by atoms with Gasteiger partial charge in [0.1, 0.15) is 11.5 Å². The van der Waals surface area contributed by atoms with Crippen LogP contribution in [-0.4, -0.2) is 17.7 Å². The second-order valence-corrected chi connectivity index (χ2v) is 4.24. The maximum Gasteiger partial charge on any atom is 0.306 e.